The lowest BCUT2D eigenvalue weighted by atomic mass is 10.1. The topological polar surface area (TPSA) is 24.5 Å². The molecule has 1 aliphatic heterocycles. The van der Waals surface area contributed by atoms with Gasteiger partial charge in [-0.15, -0.1) is 0 Å². The van der Waals surface area contributed by atoms with E-state index in [9.17, 15) is 0 Å². The quantitative estimate of drug-likeness (QED) is 0.903. The largest absolute Gasteiger partial charge is 0.372 e. The molecule has 0 unspecified atom stereocenters. The van der Waals surface area contributed by atoms with Crippen molar-refractivity contribution in [2.24, 2.45) is 0 Å². The van der Waals surface area contributed by atoms with Crippen molar-refractivity contribution >= 4 is 5.69 Å². The smallest absolute Gasteiger partial charge is 0.0801 e. The Balaban J connectivity index is 1.98. The van der Waals surface area contributed by atoms with Crippen LogP contribution in [0.2, 0.25) is 0 Å². The molecule has 1 aromatic rings. The summed E-state index contributed by atoms with van der Waals surface area (Å²) in [6, 6.07) is 9.40. The van der Waals surface area contributed by atoms with E-state index in [1.54, 1.807) is 0 Å². The maximum atomic E-state index is 5.75. The molecule has 2 rings (SSSR count). The molecule has 0 bridgehead atoms. The fraction of sp³-hybridized carbons (Fsp3) is 0.625. The summed E-state index contributed by atoms with van der Waals surface area (Å²) in [4.78, 5) is 2.41. The van der Waals surface area contributed by atoms with Crippen LogP contribution in [0.15, 0.2) is 24.3 Å². The van der Waals surface area contributed by atoms with Gasteiger partial charge in [0.15, 0.2) is 0 Å². The number of anilines is 1. The lowest BCUT2D eigenvalue weighted by Gasteiger charge is -2.39. The number of morpholine rings is 1. The Morgan fingerprint density at radius 1 is 1.26 bits per heavy atom. The van der Waals surface area contributed by atoms with Crippen LogP contribution in [0.5, 0.6) is 0 Å². The van der Waals surface area contributed by atoms with Gasteiger partial charge in [0, 0.05) is 31.4 Å². The fourth-order valence-electron chi connectivity index (χ4n) is 2.38. The molecule has 0 saturated carbocycles. The van der Waals surface area contributed by atoms with E-state index in [4.69, 9.17) is 4.74 Å². The lowest BCUT2D eigenvalue weighted by molar-refractivity contribution is -0.0276. The van der Waals surface area contributed by atoms with Crippen LogP contribution in [0.1, 0.15) is 33.3 Å². The fourth-order valence-corrected chi connectivity index (χ4v) is 2.38. The molecule has 0 aromatic heterocycles. The molecule has 0 spiro atoms. The Bertz CT molecular complexity index is 398. The first-order chi connectivity index (χ1) is 8.96. The van der Waals surface area contributed by atoms with Gasteiger partial charge in [0.05, 0.1) is 12.2 Å². The minimum absolute atomic E-state index is 0.0455. The van der Waals surface area contributed by atoms with E-state index in [0.29, 0.717) is 6.04 Å². The monoisotopic (exact) mass is 262 g/mol. The zero-order valence-corrected chi connectivity index (χ0v) is 12.6. The van der Waals surface area contributed by atoms with Gasteiger partial charge in [0.2, 0.25) is 0 Å². The second kappa shape index (κ2) is 5.93. The van der Waals surface area contributed by atoms with Crippen LogP contribution in [-0.2, 0) is 11.3 Å². The van der Waals surface area contributed by atoms with E-state index < -0.39 is 0 Å². The van der Waals surface area contributed by atoms with Crippen molar-refractivity contribution in [1.82, 2.24) is 5.32 Å². The molecule has 0 atom stereocenters. The van der Waals surface area contributed by atoms with Crippen LogP contribution in [0, 0.1) is 0 Å². The van der Waals surface area contributed by atoms with Gasteiger partial charge < -0.3 is 15.0 Å². The standard InChI is InChI=1S/C16H26N2O/c1-13(2)17-11-14-5-7-15(8-6-14)18-9-10-19-16(3,4)12-18/h5-8,13,17H,9-12H2,1-4H3. The van der Waals surface area contributed by atoms with E-state index in [1.165, 1.54) is 11.3 Å². The summed E-state index contributed by atoms with van der Waals surface area (Å²) in [5.41, 5.74) is 2.59. The van der Waals surface area contributed by atoms with E-state index in [0.717, 1.165) is 26.2 Å². The molecular formula is C16H26N2O. The zero-order valence-electron chi connectivity index (χ0n) is 12.6. The second-order valence-electron chi connectivity index (χ2n) is 6.23. The van der Waals surface area contributed by atoms with Gasteiger partial charge in [-0.2, -0.15) is 0 Å². The molecule has 3 heteroatoms. The SMILES string of the molecule is CC(C)NCc1ccc(N2CCOC(C)(C)C2)cc1. The number of hydrogen-bond acceptors (Lipinski definition) is 3. The predicted octanol–water partition coefficient (Wildman–Crippen LogP) is 2.80. The Hall–Kier alpha value is -1.06. The van der Waals surface area contributed by atoms with Crippen LogP contribution in [0.25, 0.3) is 0 Å². The van der Waals surface area contributed by atoms with Crippen molar-refractivity contribution in [3.8, 4) is 0 Å². The second-order valence-corrected chi connectivity index (χ2v) is 6.23. The van der Waals surface area contributed by atoms with Crippen LogP contribution in [0.3, 0.4) is 0 Å². The summed E-state index contributed by atoms with van der Waals surface area (Å²) < 4.78 is 5.75. The highest BCUT2D eigenvalue weighted by Crippen LogP contribution is 2.23. The third kappa shape index (κ3) is 4.22. The molecule has 0 radical (unpaired) electrons. The number of benzene rings is 1. The van der Waals surface area contributed by atoms with Crippen molar-refractivity contribution < 1.29 is 4.74 Å². The molecule has 106 valence electrons. The van der Waals surface area contributed by atoms with Gasteiger partial charge in [0.25, 0.3) is 0 Å². The van der Waals surface area contributed by atoms with Gasteiger partial charge in [0.1, 0.15) is 0 Å². The first kappa shape index (κ1) is 14.4. The first-order valence-electron chi connectivity index (χ1n) is 7.17. The molecule has 0 aliphatic carbocycles. The average molecular weight is 262 g/mol. The molecule has 1 aromatic carbocycles. The van der Waals surface area contributed by atoms with Gasteiger partial charge in [-0.05, 0) is 31.5 Å². The summed E-state index contributed by atoms with van der Waals surface area (Å²) >= 11 is 0. The van der Waals surface area contributed by atoms with Crippen molar-refractivity contribution in [3.05, 3.63) is 29.8 Å². The Labute approximate surface area is 116 Å². The molecule has 19 heavy (non-hydrogen) atoms. The summed E-state index contributed by atoms with van der Waals surface area (Å²) in [7, 11) is 0. The molecule has 0 amide bonds. The van der Waals surface area contributed by atoms with Crippen LogP contribution in [0.4, 0.5) is 5.69 Å². The summed E-state index contributed by atoms with van der Waals surface area (Å²) in [5.74, 6) is 0. The predicted molar refractivity (Wildman–Crippen MR) is 80.7 cm³/mol. The average Bonchev–Trinajstić information content (AvgIpc) is 2.36. The Morgan fingerprint density at radius 2 is 1.95 bits per heavy atom. The van der Waals surface area contributed by atoms with E-state index in [-0.39, 0.29) is 5.60 Å². The normalized spacial score (nSPS) is 18.9. The molecule has 3 nitrogen and oxygen atoms in total. The summed E-state index contributed by atoms with van der Waals surface area (Å²) in [6.45, 7) is 12.3. The molecular weight excluding hydrogens is 236 g/mol. The number of rotatable bonds is 4. The van der Waals surface area contributed by atoms with Crippen molar-refractivity contribution in [2.45, 2.75) is 45.9 Å². The maximum absolute atomic E-state index is 5.75. The highest BCUT2D eigenvalue weighted by Gasteiger charge is 2.27. The Kier molecular flexibility index (Phi) is 4.48. The number of nitrogens with zero attached hydrogens (tertiary/aromatic N) is 1. The van der Waals surface area contributed by atoms with E-state index in [1.807, 2.05) is 0 Å². The molecule has 1 heterocycles. The summed E-state index contributed by atoms with van der Waals surface area (Å²) in [5, 5.41) is 3.44. The highest BCUT2D eigenvalue weighted by atomic mass is 16.5. The minimum Gasteiger partial charge on any atom is -0.372 e. The molecule has 1 N–H and O–H groups in total. The number of hydrogen-bond donors (Lipinski definition) is 1. The van der Waals surface area contributed by atoms with Gasteiger partial charge in [-0.25, -0.2) is 0 Å². The summed E-state index contributed by atoms with van der Waals surface area (Å²) in [6.07, 6.45) is 0. The lowest BCUT2D eigenvalue weighted by Crippen LogP contribution is -2.48. The number of ether oxygens (including phenoxy) is 1. The molecule has 1 fully saturated rings. The van der Waals surface area contributed by atoms with Gasteiger partial charge in [-0.1, -0.05) is 26.0 Å². The zero-order chi connectivity index (χ0) is 13.9. The highest BCUT2D eigenvalue weighted by molar-refractivity contribution is 5.48. The van der Waals surface area contributed by atoms with Crippen LogP contribution < -0.4 is 10.2 Å². The maximum Gasteiger partial charge on any atom is 0.0801 e. The Morgan fingerprint density at radius 3 is 2.53 bits per heavy atom. The van der Waals surface area contributed by atoms with E-state index >= 15 is 0 Å². The third-order valence-electron chi connectivity index (χ3n) is 3.44. The van der Waals surface area contributed by atoms with Crippen LogP contribution >= 0.6 is 0 Å². The van der Waals surface area contributed by atoms with Crippen molar-refractivity contribution in [3.63, 3.8) is 0 Å². The molecule has 1 saturated heterocycles. The van der Waals surface area contributed by atoms with Crippen molar-refractivity contribution in [2.75, 3.05) is 24.6 Å². The van der Waals surface area contributed by atoms with Crippen molar-refractivity contribution in [1.29, 1.82) is 0 Å². The van der Waals surface area contributed by atoms with Crippen LogP contribution in [-0.4, -0.2) is 31.3 Å². The number of nitrogens with one attached hydrogen (secondary N) is 1. The first-order valence-corrected chi connectivity index (χ1v) is 7.17. The van der Waals surface area contributed by atoms with Gasteiger partial charge in [-0.3, -0.25) is 0 Å². The third-order valence-corrected chi connectivity index (χ3v) is 3.44. The van der Waals surface area contributed by atoms with E-state index in [2.05, 4.69) is 62.2 Å². The molecule has 1 aliphatic rings. The van der Waals surface area contributed by atoms with Gasteiger partial charge >= 0.3 is 0 Å². The minimum atomic E-state index is -0.0455.